The third kappa shape index (κ3) is 5.58. The van der Waals surface area contributed by atoms with Gasteiger partial charge >= 0.3 is 34.4 Å². The molecule has 0 saturated carbocycles. The SMILES string of the molecule is COP1Oc2cc3c4cc2C(C)c2cc5c(cc2O1)OP(OC)Oc1cc2c(cc1C5C)C(C)c1cc(c(cc1OP(OC)O2)OP(OC)O3)C4C. The van der Waals surface area contributed by atoms with E-state index in [9.17, 15) is 0 Å². The van der Waals surface area contributed by atoms with Gasteiger partial charge in [-0.25, -0.2) is 0 Å². The molecule has 16 heteroatoms. The number of benzene rings is 4. The molecule has 0 amide bonds. The molecular weight excluding hydrogens is 748 g/mol. The average molecular weight is 785 g/mol. The second kappa shape index (κ2) is 13.3. The summed E-state index contributed by atoms with van der Waals surface area (Å²) in [6.07, 6.45) is 0. The summed E-state index contributed by atoms with van der Waals surface area (Å²) >= 11 is 0. The minimum atomic E-state index is -1.86. The second-order valence-electron chi connectivity index (χ2n) is 13.0. The van der Waals surface area contributed by atoms with E-state index < -0.39 is 34.4 Å². The van der Waals surface area contributed by atoms with Crippen LogP contribution in [0.1, 0.15) is 95.9 Å². The second-order valence-corrected chi connectivity index (χ2v) is 17.7. The lowest BCUT2D eigenvalue weighted by Crippen LogP contribution is -2.16. The van der Waals surface area contributed by atoms with Crippen LogP contribution in [0.4, 0.5) is 0 Å². The molecule has 4 aromatic carbocycles. The molecule has 0 unspecified atom stereocenters. The van der Waals surface area contributed by atoms with Crippen molar-refractivity contribution in [2.24, 2.45) is 0 Å². The summed E-state index contributed by atoms with van der Waals surface area (Å²) in [6, 6.07) is 16.3. The van der Waals surface area contributed by atoms with Crippen LogP contribution in [0, 0.1) is 0 Å². The van der Waals surface area contributed by atoms with Gasteiger partial charge in [-0.2, -0.15) is 0 Å². The molecule has 4 aliphatic heterocycles. The molecule has 8 bridgehead atoms. The molecule has 0 radical (unpaired) electrons. The maximum atomic E-state index is 6.47. The highest BCUT2D eigenvalue weighted by atomic mass is 31.2. The summed E-state index contributed by atoms with van der Waals surface area (Å²) in [6.45, 7) is 8.61. The van der Waals surface area contributed by atoms with Crippen LogP contribution >= 0.6 is 34.4 Å². The van der Waals surface area contributed by atoms with Crippen LogP contribution in [0.25, 0.3) is 0 Å². The lowest BCUT2D eigenvalue weighted by atomic mass is 9.81. The van der Waals surface area contributed by atoms with Crippen molar-refractivity contribution in [1.29, 1.82) is 0 Å². The van der Waals surface area contributed by atoms with Crippen molar-refractivity contribution in [2.75, 3.05) is 28.4 Å². The highest BCUT2D eigenvalue weighted by Crippen LogP contribution is 2.61. The molecule has 0 fully saturated rings. The lowest BCUT2D eigenvalue weighted by Gasteiger charge is -2.34. The van der Waals surface area contributed by atoms with Gasteiger partial charge in [0.1, 0.15) is 46.0 Å². The highest BCUT2D eigenvalue weighted by Gasteiger charge is 2.39. The van der Waals surface area contributed by atoms with E-state index in [-0.39, 0.29) is 23.7 Å². The third-order valence-corrected chi connectivity index (χ3v) is 14.2. The first-order chi connectivity index (χ1) is 25.2. The molecule has 1 aliphatic carbocycles. The standard InChI is InChI=1S/C36H36O12P4/c1-17-21-9-23-18(2)25-11-27-20(4)28-12-26-19(3)24-10-22(17)30-14-32(24)44-51(39-7)46-34(26)16-36(28)48-52(40-8)47-35(27)15-33(25)45-50(38-6)43-31(23)13-29(21)41-49(37-5)42-30/h9-20H,1-8H3. The highest BCUT2D eigenvalue weighted by molar-refractivity contribution is 7.43. The van der Waals surface area contributed by atoms with Gasteiger partial charge in [-0.3, -0.25) is 18.1 Å². The maximum Gasteiger partial charge on any atom is 0.462 e. The summed E-state index contributed by atoms with van der Waals surface area (Å²) in [5.41, 5.74) is 7.67. The Labute approximate surface area is 306 Å². The van der Waals surface area contributed by atoms with Crippen molar-refractivity contribution >= 4 is 34.4 Å². The Kier molecular flexibility index (Phi) is 8.85. The predicted molar refractivity (Wildman–Crippen MR) is 197 cm³/mol. The van der Waals surface area contributed by atoms with E-state index >= 15 is 0 Å². The van der Waals surface area contributed by atoms with Gasteiger partial charge < -0.3 is 36.2 Å². The van der Waals surface area contributed by atoms with E-state index in [0.29, 0.717) is 46.0 Å². The molecule has 9 rings (SSSR count). The average Bonchev–Trinajstić information content (AvgIpc) is 3.13. The topological polar surface area (TPSA) is 111 Å². The molecule has 0 N–H and O–H groups in total. The van der Waals surface area contributed by atoms with Gasteiger partial charge in [0.25, 0.3) is 0 Å². The molecule has 272 valence electrons. The van der Waals surface area contributed by atoms with Crippen LogP contribution in [0.5, 0.6) is 46.0 Å². The minimum absolute atomic E-state index is 0.173. The van der Waals surface area contributed by atoms with Crippen LogP contribution in [-0.4, -0.2) is 28.4 Å². The van der Waals surface area contributed by atoms with E-state index in [1.807, 2.05) is 24.3 Å². The van der Waals surface area contributed by atoms with E-state index in [2.05, 4.69) is 52.0 Å². The van der Waals surface area contributed by atoms with E-state index in [4.69, 9.17) is 54.3 Å². The fourth-order valence-electron chi connectivity index (χ4n) is 7.41. The molecule has 0 spiro atoms. The number of rotatable bonds is 4. The van der Waals surface area contributed by atoms with E-state index in [0.717, 1.165) is 44.5 Å². The van der Waals surface area contributed by atoms with E-state index in [1.54, 1.807) is 28.4 Å². The zero-order chi connectivity index (χ0) is 36.0. The zero-order valence-corrected chi connectivity index (χ0v) is 33.2. The molecule has 4 heterocycles. The monoisotopic (exact) mass is 784 g/mol. The van der Waals surface area contributed by atoms with Crippen molar-refractivity contribution in [2.45, 2.75) is 51.4 Å². The van der Waals surface area contributed by atoms with Gasteiger partial charge in [0, 0.05) is 121 Å². The van der Waals surface area contributed by atoms with Crippen molar-refractivity contribution in [3.8, 4) is 46.0 Å². The first kappa shape index (κ1) is 34.6. The molecule has 4 aromatic rings. The molecule has 0 aromatic heterocycles. The third-order valence-electron chi connectivity index (χ3n) is 10.3. The van der Waals surface area contributed by atoms with Crippen molar-refractivity contribution < 1.29 is 54.3 Å². The van der Waals surface area contributed by atoms with Gasteiger partial charge in [0.15, 0.2) is 0 Å². The van der Waals surface area contributed by atoms with Crippen LogP contribution < -0.4 is 36.2 Å². The zero-order valence-electron chi connectivity index (χ0n) is 29.6. The summed E-state index contributed by atoms with van der Waals surface area (Å²) in [5.74, 6) is 4.04. The van der Waals surface area contributed by atoms with Gasteiger partial charge in [-0.05, 0) is 24.3 Å². The summed E-state index contributed by atoms with van der Waals surface area (Å²) < 4.78 is 74.9. The summed E-state index contributed by atoms with van der Waals surface area (Å²) in [4.78, 5) is 0. The predicted octanol–water partition coefficient (Wildman–Crippen LogP) is 11.2. The van der Waals surface area contributed by atoms with Gasteiger partial charge in [-0.15, -0.1) is 0 Å². The largest absolute Gasteiger partial charge is 0.462 e. The normalized spacial score (nSPS) is 27.2. The van der Waals surface area contributed by atoms with Gasteiger partial charge in [-0.1, -0.05) is 27.7 Å². The smallest absolute Gasteiger partial charge is 0.417 e. The molecule has 0 atom stereocenters. The first-order valence-corrected chi connectivity index (χ1v) is 21.1. The van der Waals surface area contributed by atoms with Gasteiger partial charge in [0.05, 0.1) is 0 Å². The molecule has 12 nitrogen and oxygen atoms in total. The summed E-state index contributed by atoms with van der Waals surface area (Å²) in [7, 11) is -1.20. The Morgan fingerprint density at radius 3 is 0.596 bits per heavy atom. The molecular formula is C36H36O12P4. The Morgan fingerprint density at radius 2 is 0.462 bits per heavy atom. The number of hydrogen-bond acceptors (Lipinski definition) is 12. The van der Waals surface area contributed by atoms with Crippen LogP contribution in [0.2, 0.25) is 0 Å². The van der Waals surface area contributed by atoms with Crippen LogP contribution in [-0.2, 0) is 18.1 Å². The Bertz CT molecular complexity index is 1690. The minimum Gasteiger partial charge on any atom is -0.417 e. The maximum absolute atomic E-state index is 6.47. The van der Waals surface area contributed by atoms with Crippen molar-refractivity contribution in [3.63, 3.8) is 0 Å². The molecule has 0 saturated heterocycles. The van der Waals surface area contributed by atoms with Gasteiger partial charge in [0.2, 0.25) is 0 Å². The van der Waals surface area contributed by atoms with Crippen LogP contribution in [0.3, 0.4) is 0 Å². The Morgan fingerprint density at radius 1 is 0.308 bits per heavy atom. The van der Waals surface area contributed by atoms with Crippen molar-refractivity contribution in [1.82, 2.24) is 0 Å². The molecule has 52 heavy (non-hydrogen) atoms. The van der Waals surface area contributed by atoms with Crippen LogP contribution in [0.15, 0.2) is 48.5 Å². The van der Waals surface area contributed by atoms with E-state index in [1.165, 1.54) is 0 Å². The Hall–Kier alpha value is -3.16. The molecule has 5 aliphatic rings. The first-order valence-electron chi connectivity index (χ1n) is 16.7. The quantitative estimate of drug-likeness (QED) is 0.184. The fraction of sp³-hybridized carbons (Fsp3) is 0.333. The Balaban J connectivity index is 1.40. The fourth-order valence-corrected chi connectivity index (χ4v) is 10.7. The summed E-state index contributed by atoms with van der Waals surface area (Å²) in [5, 5.41) is 0. The lowest BCUT2D eigenvalue weighted by molar-refractivity contribution is 0.308. The number of hydrogen-bond donors (Lipinski definition) is 0. The van der Waals surface area contributed by atoms with Crippen molar-refractivity contribution in [3.05, 3.63) is 93.0 Å².